The van der Waals surface area contributed by atoms with Crippen LogP contribution in [-0.4, -0.2) is 59.4 Å². The monoisotopic (exact) mass is 407 g/mol. The number of methoxy groups -OCH3 is 2. The molecular formula is C20H27F2N5O2. The molecule has 0 spiro atoms. The van der Waals surface area contributed by atoms with Crippen molar-refractivity contribution < 1.29 is 18.3 Å². The summed E-state index contributed by atoms with van der Waals surface area (Å²) in [7, 11) is 3.31. The summed E-state index contributed by atoms with van der Waals surface area (Å²) < 4.78 is 39.3. The van der Waals surface area contributed by atoms with Gasteiger partial charge in [-0.2, -0.15) is 10.1 Å². The van der Waals surface area contributed by atoms with Crippen molar-refractivity contribution in [2.75, 3.05) is 32.6 Å². The lowest BCUT2D eigenvalue weighted by molar-refractivity contribution is 0.0550. The molecule has 4 rings (SSSR count). The number of rotatable bonds is 6. The van der Waals surface area contributed by atoms with Crippen LogP contribution >= 0.6 is 0 Å². The van der Waals surface area contributed by atoms with Gasteiger partial charge in [0.05, 0.1) is 14.2 Å². The highest BCUT2D eigenvalue weighted by Crippen LogP contribution is 2.35. The Morgan fingerprint density at radius 3 is 2.90 bits per heavy atom. The van der Waals surface area contributed by atoms with Gasteiger partial charge in [0.15, 0.2) is 0 Å². The molecule has 9 heteroatoms. The molecule has 1 N–H and O–H groups in total. The van der Waals surface area contributed by atoms with Gasteiger partial charge in [-0.1, -0.05) is 0 Å². The quantitative estimate of drug-likeness (QED) is 0.794. The molecule has 1 aromatic heterocycles. The summed E-state index contributed by atoms with van der Waals surface area (Å²) in [5, 5.41) is 7.31. The number of nitrogens with one attached hydrogen (secondary N) is 1. The molecule has 0 unspecified atom stereocenters. The maximum Gasteiger partial charge on any atom is 0.260 e. The fourth-order valence-electron chi connectivity index (χ4n) is 4.51. The minimum Gasteiger partial charge on any atom is -0.497 e. The molecule has 2 aliphatic heterocycles. The van der Waals surface area contributed by atoms with E-state index in [0.717, 1.165) is 49.5 Å². The van der Waals surface area contributed by atoms with E-state index in [9.17, 15) is 8.78 Å². The lowest BCUT2D eigenvalue weighted by Gasteiger charge is -2.40. The second-order valence-electron chi connectivity index (χ2n) is 7.73. The summed E-state index contributed by atoms with van der Waals surface area (Å²) in [5.74, 6) is 2.34. The lowest BCUT2D eigenvalue weighted by Crippen LogP contribution is -2.46. The normalized spacial score (nSPS) is 24.8. The van der Waals surface area contributed by atoms with Gasteiger partial charge in [0, 0.05) is 24.7 Å². The first-order valence-electron chi connectivity index (χ1n) is 9.96. The molecule has 1 saturated heterocycles. The second-order valence-corrected chi connectivity index (χ2v) is 7.73. The Bertz CT molecular complexity index is 831. The molecule has 7 nitrogen and oxygen atoms in total. The third-order valence-corrected chi connectivity index (χ3v) is 5.98. The molecule has 29 heavy (non-hydrogen) atoms. The van der Waals surface area contributed by atoms with Gasteiger partial charge in [-0.25, -0.2) is 13.5 Å². The van der Waals surface area contributed by atoms with Crippen molar-refractivity contribution in [1.82, 2.24) is 19.7 Å². The van der Waals surface area contributed by atoms with Crippen molar-refractivity contribution in [2.45, 2.75) is 44.3 Å². The summed E-state index contributed by atoms with van der Waals surface area (Å²) in [6.07, 6.45) is 1.27. The number of halogens is 2. The molecule has 0 radical (unpaired) electrons. The minimum absolute atomic E-state index is 0.0410. The number of benzene rings is 1. The van der Waals surface area contributed by atoms with E-state index in [4.69, 9.17) is 9.47 Å². The van der Waals surface area contributed by atoms with Gasteiger partial charge in [0.25, 0.3) is 6.43 Å². The van der Waals surface area contributed by atoms with E-state index >= 15 is 0 Å². The van der Waals surface area contributed by atoms with Crippen LogP contribution in [-0.2, 0) is 6.54 Å². The molecule has 2 aliphatic rings. The van der Waals surface area contributed by atoms with E-state index < -0.39 is 12.5 Å². The average molecular weight is 407 g/mol. The SMILES string of the molecule is COc1ccc(OC)c(CN2CCC[C@H]([C@@H]3C[C@H](C(F)F)n4ncnc4N3)C2)c1. The van der Waals surface area contributed by atoms with Crippen LogP contribution in [0.25, 0.3) is 0 Å². The molecule has 2 aromatic rings. The Morgan fingerprint density at radius 1 is 1.28 bits per heavy atom. The van der Waals surface area contributed by atoms with E-state index in [1.807, 2.05) is 18.2 Å². The molecule has 158 valence electrons. The van der Waals surface area contributed by atoms with Crippen molar-refractivity contribution in [1.29, 1.82) is 0 Å². The van der Waals surface area contributed by atoms with Gasteiger partial charge in [-0.15, -0.1) is 0 Å². The smallest absolute Gasteiger partial charge is 0.260 e. The Hall–Kier alpha value is -2.42. The van der Waals surface area contributed by atoms with Crippen molar-refractivity contribution >= 4 is 5.95 Å². The van der Waals surface area contributed by atoms with Crippen molar-refractivity contribution in [3.05, 3.63) is 30.1 Å². The molecule has 0 saturated carbocycles. The Balaban J connectivity index is 1.47. The molecule has 1 aromatic carbocycles. The van der Waals surface area contributed by atoms with Crippen molar-refractivity contribution in [3.8, 4) is 11.5 Å². The van der Waals surface area contributed by atoms with Crippen LogP contribution in [0, 0.1) is 5.92 Å². The highest BCUT2D eigenvalue weighted by Gasteiger charge is 2.38. The fraction of sp³-hybridized carbons (Fsp3) is 0.600. The number of anilines is 1. The fourth-order valence-corrected chi connectivity index (χ4v) is 4.51. The van der Waals surface area contributed by atoms with Gasteiger partial charge in [0.2, 0.25) is 5.95 Å². The Kier molecular flexibility index (Phi) is 5.84. The summed E-state index contributed by atoms with van der Waals surface area (Å²) in [4.78, 5) is 6.49. The first-order chi connectivity index (χ1) is 14.1. The third-order valence-electron chi connectivity index (χ3n) is 5.98. The van der Waals surface area contributed by atoms with E-state index in [1.165, 1.54) is 11.0 Å². The van der Waals surface area contributed by atoms with Crippen LogP contribution in [0.15, 0.2) is 24.5 Å². The summed E-state index contributed by atoms with van der Waals surface area (Å²) >= 11 is 0. The number of aromatic nitrogens is 3. The van der Waals surface area contributed by atoms with Gasteiger partial charge in [-0.3, -0.25) is 4.90 Å². The van der Waals surface area contributed by atoms with Gasteiger partial charge >= 0.3 is 0 Å². The molecular weight excluding hydrogens is 380 g/mol. The van der Waals surface area contributed by atoms with E-state index in [1.54, 1.807) is 14.2 Å². The van der Waals surface area contributed by atoms with Crippen molar-refractivity contribution in [2.24, 2.45) is 5.92 Å². The van der Waals surface area contributed by atoms with Gasteiger partial charge in [-0.05, 0) is 49.9 Å². The van der Waals surface area contributed by atoms with Gasteiger partial charge < -0.3 is 14.8 Å². The number of fused-ring (bicyclic) bond motifs is 1. The molecule has 0 bridgehead atoms. The first-order valence-corrected chi connectivity index (χ1v) is 9.96. The topological polar surface area (TPSA) is 64.4 Å². The van der Waals surface area contributed by atoms with Crippen LogP contribution in [0.1, 0.15) is 30.9 Å². The van der Waals surface area contributed by atoms with Crippen molar-refractivity contribution in [3.63, 3.8) is 0 Å². The van der Waals surface area contributed by atoms with E-state index in [0.29, 0.717) is 12.4 Å². The third kappa shape index (κ3) is 4.14. The van der Waals surface area contributed by atoms with E-state index in [2.05, 4.69) is 20.3 Å². The molecule has 0 amide bonds. The number of hydrogen-bond acceptors (Lipinski definition) is 6. The molecule has 1 fully saturated rings. The zero-order valence-corrected chi connectivity index (χ0v) is 16.7. The predicted molar refractivity (Wildman–Crippen MR) is 105 cm³/mol. The standard InChI is InChI=1S/C20H27F2N5O2/c1-28-15-5-6-18(29-2)14(8-15)11-26-7-3-4-13(10-26)16-9-17(19(21)22)27-20(25-16)23-12-24-27/h5-6,8,12-13,16-17,19H,3-4,7,9-11H2,1-2H3,(H,23,24,25)/t13-,16-,17+/m0/s1. The second kappa shape index (κ2) is 8.52. The first kappa shape index (κ1) is 19.9. The van der Waals surface area contributed by atoms with Crippen LogP contribution in [0.5, 0.6) is 11.5 Å². The van der Waals surface area contributed by atoms with Crippen LogP contribution in [0.2, 0.25) is 0 Å². The predicted octanol–water partition coefficient (Wildman–Crippen LogP) is 3.20. The lowest BCUT2D eigenvalue weighted by atomic mass is 9.86. The number of likely N-dealkylation sites (tertiary alicyclic amines) is 1. The number of alkyl halides is 2. The van der Waals surface area contributed by atoms with Gasteiger partial charge in [0.1, 0.15) is 23.9 Å². The minimum atomic E-state index is -2.46. The average Bonchev–Trinajstić information content (AvgIpc) is 3.21. The van der Waals surface area contributed by atoms with E-state index in [-0.39, 0.29) is 12.0 Å². The van der Waals surface area contributed by atoms with Crippen LogP contribution < -0.4 is 14.8 Å². The zero-order chi connectivity index (χ0) is 20.4. The number of hydrogen-bond donors (Lipinski definition) is 1. The Labute approximate surface area is 169 Å². The molecule has 0 aliphatic carbocycles. The maximum absolute atomic E-state index is 13.6. The summed E-state index contributed by atoms with van der Waals surface area (Å²) in [6.45, 7) is 2.54. The van der Waals surface area contributed by atoms with Crippen LogP contribution in [0.3, 0.4) is 0 Å². The highest BCUT2D eigenvalue weighted by molar-refractivity contribution is 5.40. The molecule has 3 atom stereocenters. The number of piperidine rings is 1. The number of nitrogens with zero attached hydrogens (tertiary/aromatic N) is 4. The molecule has 3 heterocycles. The maximum atomic E-state index is 13.6. The summed E-state index contributed by atoms with van der Waals surface area (Å²) in [6, 6.07) is 4.83. The zero-order valence-electron chi connectivity index (χ0n) is 16.7. The van der Waals surface area contributed by atoms with Crippen LogP contribution in [0.4, 0.5) is 14.7 Å². The summed E-state index contributed by atoms with van der Waals surface area (Å²) in [5.41, 5.74) is 1.06. The number of ether oxygens (including phenoxy) is 2. The Morgan fingerprint density at radius 2 is 2.14 bits per heavy atom. The largest absolute Gasteiger partial charge is 0.497 e. The highest BCUT2D eigenvalue weighted by atomic mass is 19.3.